The van der Waals surface area contributed by atoms with Gasteiger partial charge in [0.2, 0.25) is 0 Å². The van der Waals surface area contributed by atoms with Gasteiger partial charge in [-0.25, -0.2) is 4.98 Å². The van der Waals surface area contributed by atoms with Crippen LogP contribution < -0.4 is 5.32 Å². The molecule has 0 aliphatic rings. The summed E-state index contributed by atoms with van der Waals surface area (Å²) in [6, 6.07) is 16.6. The molecule has 0 bridgehead atoms. The SMILES string of the molecule is Cc1cc(C)cc(NC(=O)c2ccc3nc(-c4c(Cl)cccc4Cl)[nH]c3c2)c1. The third-order valence-electron chi connectivity index (χ3n) is 4.42. The maximum atomic E-state index is 12.7. The van der Waals surface area contributed by atoms with E-state index in [1.165, 1.54) is 0 Å². The fourth-order valence-electron chi connectivity index (χ4n) is 3.24. The standard InChI is InChI=1S/C22H17Cl2N3O/c1-12-8-13(2)10-15(9-12)25-22(28)14-6-7-18-19(11-14)27-21(26-18)20-16(23)4-3-5-17(20)24/h3-11H,1-2H3,(H,25,28)(H,26,27). The highest BCUT2D eigenvalue weighted by atomic mass is 35.5. The smallest absolute Gasteiger partial charge is 0.255 e. The van der Waals surface area contributed by atoms with Crippen molar-refractivity contribution in [3.05, 3.63) is 81.3 Å². The van der Waals surface area contributed by atoms with E-state index in [-0.39, 0.29) is 5.91 Å². The van der Waals surface area contributed by atoms with Gasteiger partial charge in [0, 0.05) is 11.3 Å². The quantitative estimate of drug-likeness (QED) is 0.410. The molecular formula is C22H17Cl2N3O. The minimum Gasteiger partial charge on any atom is -0.338 e. The summed E-state index contributed by atoms with van der Waals surface area (Å²) in [5.41, 5.74) is 5.61. The first-order chi connectivity index (χ1) is 13.4. The van der Waals surface area contributed by atoms with Gasteiger partial charge in [-0.1, -0.05) is 35.3 Å². The molecule has 0 unspecified atom stereocenters. The molecule has 0 aliphatic heterocycles. The molecule has 4 rings (SSSR count). The van der Waals surface area contributed by atoms with Crippen LogP contribution in [0.25, 0.3) is 22.4 Å². The van der Waals surface area contributed by atoms with Gasteiger partial charge >= 0.3 is 0 Å². The largest absolute Gasteiger partial charge is 0.338 e. The topological polar surface area (TPSA) is 57.8 Å². The van der Waals surface area contributed by atoms with Crippen LogP contribution in [0.5, 0.6) is 0 Å². The molecule has 0 atom stereocenters. The average Bonchev–Trinajstić information content (AvgIpc) is 3.03. The van der Waals surface area contributed by atoms with Gasteiger partial charge in [-0.05, 0) is 67.4 Å². The van der Waals surface area contributed by atoms with Gasteiger partial charge in [-0.15, -0.1) is 0 Å². The number of hydrogen-bond acceptors (Lipinski definition) is 2. The number of benzene rings is 3. The number of hydrogen-bond donors (Lipinski definition) is 2. The molecule has 0 spiro atoms. The molecule has 4 nitrogen and oxygen atoms in total. The molecule has 0 saturated carbocycles. The number of aromatic amines is 1. The first-order valence-electron chi connectivity index (χ1n) is 8.74. The van der Waals surface area contributed by atoms with Crippen LogP contribution in [0.15, 0.2) is 54.6 Å². The highest BCUT2D eigenvalue weighted by Gasteiger charge is 2.14. The van der Waals surface area contributed by atoms with Gasteiger partial charge in [0.25, 0.3) is 5.91 Å². The Balaban J connectivity index is 1.67. The second-order valence-corrected chi connectivity index (χ2v) is 7.56. The molecular weight excluding hydrogens is 393 g/mol. The molecule has 1 heterocycles. The molecule has 1 amide bonds. The summed E-state index contributed by atoms with van der Waals surface area (Å²) >= 11 is 12.6. The lowest BCUT2D eigenvalue weighted by molar-refractivity contribution is 0.102. The Morgan fingerprint density at radius 3 is 2.32 bits per heavy atom. The van der Waals surface area contributed by atoms with Crippen molar-refractivity contribution < 1.29 is 4.79 Å². The lowest BCUT2D eigenvalue weighted by atomic mass is 10.1. The van der Waals surface area contributed by atoms with Gasteiger partial charge in [-0.3, -0.25) is 4.79 Å². The Kier molecular flexibility index (Phi) is 4.84. The number of halogens is 2. The van der Waals surface area contributed by atoms with Crippen LogP contribution in [0.4, 0.5) is 5.69 Å². The van der Waals surface area contributed by atoms with Crippen LogP contribution in [-0.2, 0) is 0 Å². The molecule has 140 valence electrons. The Morgan fingerprint density at radius 2 is 1.64 bits per heavy atom. The van der Waals surface area contributed by atoms with E-state index in [2.05, 4.69) is 21.4 Å². The van der Waals surface area contributed by atoms with Crippen molar-refractivity contribution >= 4 is 45.8 Å². The van der Waals surface area contributed by atoms with Gasteiger partial charge in [0.1, 0.15) is 5.82 Å². The first kappa shape index (κ1) is 18.5. The Morgan fingerprint density at radius 1 is 0.964 bits per heavy atom. The molecule has 28 heavy (non-hydrogen) atoms. The number of H-pyrrole nitrogens is 1. The molecule has 0 saturated heterocycles. The number of fused-ring (bicyclic) bond motifs is 1. The highest BCUT2D eigenvalue weighted by Crippen LogP contribution is 2.34. The monoisotopic (exact) mass is 409 g/mol. The number of anilines is 1. The summed E-state index contributed by atoms with van der Waals surface area (Å²) in [5, 5.41) is 3.97. The van der Waals surface area contributed by atoms with E-state index < -0.39 is 0 Å². The van der Waals surface area contributed by atoms with E-state index in [0.29, 0.717) is 27.0 Å². The van der Waals surface area contributed by atoms with Crippen LogP contribution in [0, 0.1) is 13.8 Å². The molecule has 3 aromatic carbocycles. The lowest BCUT2D eigenvalue weighted by Crippen LogP contribution is -2.12. The summed E-state index contributed by atoms with van der Waals surface area (Å²) in [7, 11) is 0. The molecule has 0 aliphatic carbocycles. The van der Waals surface area contributed by atoms with Crippen LogP contribution in [0.1, 0.15) is 21.5 Å². The van der Waals surface area contributed by atoms with Crippen molar-refractivity contribution in [3.63, 3.8) is 0 Å². The Labute approximate surface area is 172 Å². The van der Waals surface area contributed by atoms with Crippen LogP contribution in [0.2, 0.25) is 10.0 Å². The first-order valence-corrected chi connectivity index (χ1v) is 9.50. The Hall–Kier alpha value is -2.82. The minimum absolute atomic E-state index is 0.182. The van der Waals surface area contributed by atoms with Gasteiger partial charge < -0.3 is 10.3 Å². The fraction of sp³-hybridized carbons (Fsp3) is 0.0909. The number of amides is 1. The number of nitrogens with zero attached hydrogens (tertiary/aromatic N) is 1. The van der Waals surface area contributed by atoms with Crippen LogP contribution in [0.3, 0.4) is 0 Å². The van der Waals surface area contributed by atoms with E-state index in [0.717, 1.165) is 27.8 Å². The highest BCUT2D eigenvalue weighted by molar-refractivity contribution is 6.39. The van der Waals surface area contributed by atoms with Crippen molar-refractivity contribution in [3.8, 4) is 11.4 Å². The number of aryl methyl sites for hydroxylation is 2. The minimum atomic E-state index is -0.182. The molecule has 1 aromatic heterocycles. The van der Waals surface area contributed by atoms with Crippen LogP contribution in [-0.4, -0.2) is 15.9 Å². The van der Waals surface area contributed by atoms with E-state index >= 15 is 0 Å². The summed E-state index contributed by atoms with van der Waals surface area (Å²) in [6.45, 7) is 4.00. The summed E-state index contributed by atoms with van der Waals surface area (Å²) in [4.78, 5) is 20.4. The van der Waals surface area contributed by atoms with E-state index in [1.807, 2.05) is 26.0 Å². The van der Waals surface area contributed by atoms with Crippen molar-refractivity contribution in [2.45, 2.75) is 13.8 Å². The molecule has 4 aromatic rings. The molecule has 0 fully saturated rings. The number of imidazole rings is 1. The van der Waals surface area contributed by atoms with Crippen LogP contribution >= 0.6 is 23.2 Å². The predicted octanol–water partition coefficient (Wildman–Crippen LogP) is 6.41. The Bertz CT molecular complexity index is 1170. The van der Waals surface area contributed by atoms with Crippen molar-refractivity contribution in [2.24, 2.45) is 0 Å². The summed E-state index contributed by atoms with van der Waals surface area (Å²) < 4.78 is 0. The summed E-state index contributed by atoms with van der Waals surface area (Å²) in [5.74, 6) is 0.385. The number of rotatable bonds is 3. The van der Waals surface area contributed by atoms with Gasteiger partial charge in [0.15, 0.2) is 0 Å². The third-order valence-corrected chi connectivity index (χ3v) is 5.05. The zero-order valence-electron chi connectivity index (χ0n) is 15.3. The zero-order valence-corrected chi connectivity index (χ0v) is 16.8. The average molecular weight is 410 g/mol. The second-order valence-electron chi connectivity index (χ2n) is 6.74. The van der Waals surface area contributed by atoms with Gasteiger partial charge in [-0.2, -0.15) is 0 Å². The predicted molar refractivity (Wildman–Crippen MR) is 115 cm³/mol. The lowest BCUT2D eigenvalue weighted by Gasteiger charge is -2.07. The zero-order chi connectivity index (χ0) is 19.8. The number of aromatic nitrogens is 2. The van der Waals surface area contributed by atoms with E-state index in [1.54, 1.807) is 36.4 Å². The summed E-state index contributed by atoms with van der Waals surface area (Å²) in [6.07, 6.45) is 0. The third kappa shape index (κ3) is 3.61. The number of carbonyl (C=O) groups excluding carboxylic acids is 1. The number of nitrogens with one attached hydrogen (secondary N) is 2. The second kappa shape index (κ2) is 7.30. The molecule has 6 heteroatoms. The van der Waals surface area contributed by atoms with E-state index in [9.17, 15) is 4.79 Å². The number of carbonyl (C=O) groups is 1. The van der Waals surface area contributed by atoms with Crippen molar-refractivity contribution in [1.29, 1.82) is 0 Å². The fourth-order valence-corrected chi connectivity index (χ4v) is 3.82. The normalized spacial score (nSPS) is 11.0. The maximum absolute atomic E-state index is 12.7. The molecule has 2 N–H and O–H groups in total. The van der Waals surface area contributed by atoms with E-state index in [4.69, 9.17) is 23.2 Å². The van der Waals surface area contributed by atoms with Crippen molar-refractivity contribution in [1.82, 2.24) is 9.97 Å². The molecule has 0 radical (unpaired) electrons. The maximum Gasteiger partial charge on any atom is 0.255 e. The van der Waals surface area contributed by atoms with Gasteiger partial charge in [0.05, 0.1) is 26.6 Å². The van der Waals surface area contributed by atoms with Crippen molar-refractivity contribution in [2.75, 3.05) is 5.32 Å².